The number of aryl methyl sites for hydroxylation is 1. The third kappa shape index (κ3) is 3.97. The average Bonchev–Trinajstić information content (AvgIpc) is 2.50. The van der Waals surface area contributed by atoms with Crippen molar-refractivity contribution in [3.05, 3.63) is 11.8 Å². The highest BCUT2D eigenvalue weighted by molar-refractivity contribution is 4.80. The van der Waals surface area contributed by atoms with Crippen LogP contribution in [0, 0.1) is 12.3 Å². The van der Waals surface area contributed by atoms with Gasteiger partial charge >= 0.3 is 0 Å². The van der Waals surface area contributed by atoms with Gasteiger partial charge in [-0.05, 0) is 19.0 Å². The van der Waals surface area contributed by atoms with Crippen LogP contribution in [0.15, 0.2) is 4.42 Å². The molecule has 0 bridgehead atoms. The second-order valence-corrected chi connectivity index (χ2v) is 4.76. The summed E-state index contributed by atoms with van der Waals surface area (Å²) < 4.78 is 5.31. The van der Waals surface area contributed by atoms with Gasteiger partial charge in [-0.1, -0.05) is 13.8 Å². The van der Waals surface area contributed by atoms with Crippen LogP contribution in [0.3, 0.4) is 0 Å². The Labute approximate surface area is 90.7 Å². The Morgan fingerprint density at radius 1 is 1.40 bits per heavy atom. The van der Waals surface area contributed by atoms with Gasteiger partial charge in [0, 0.05) is 13.5 Å². The van der Waals surface area contributed by atoms with E-state index in [-0.39, 0.29) is 5.41 Å². The average molecular weight is 212 g/mol. The molecule has 5 nitrogen and oxygen atoms in total. The van der Waals surface area contributed by atoms with Crippen molar-refractivity contribution in [3.8, 4) is 0 Å². The lowest BCUT2D eigenvalue weighted by Crippen LogP contribution is -2.36. The van der Waals surface area contributed by atoms with Gasteiger partial charge in [-0.25, -0.2) is 0 Å². The summed E-state index contributed by atoms with van der Waals surface area (Å²) in [6, 6.07) is 0. The molecule has 15 heavy (non-hydrogen) atoms. The van der Waals surface area contributed by atoms with Crippen molar-refractivity contribution < 1.29 is 4.42 Å². The van der Waals surface area contributed by atoms with Gasteiger partial charge in [-0.2, -0.15) is 0 Å². The molecule has 1 aromatic rings. The van der Waals surface area contributed by atoms with Crippen LogP contribution in [-0.4, -0.2) is 35.2 Å². The third-order valence-corrected chi connectivity index (χ3v) is 2.22. The van der Waals surface area contributed by atoms with Crippen molar-refractivity contribution in [2.45, 2.75) is 27.3 Å². The Balaban J connectivity index is 2.46. The molecule has 0 aliphatic heterocycles. The van der Waals surface area contributed by atoms with Gasteiger partial charge < -0.3 is 10.2 Å². The fraction of sp³-hybridized carbons (Fsp3) is 0.800. The van der Waals surface area contributed by atoms with Crippen molar-refractivity contribution in [3.63, 3.8) is 0 Å². The molecule has 0 unspecified atom stereocenters. The molecule has 0 aliphatic carbocycles. The zero-order valence-corrected chi connectivity index (χ0v) is 9.95. The maximum Gasteiger partial charge on any atom is 0.230 e. The first kappa shape index (κ1) is 12.1. The second-order valence-electron chi connectivity index (χ2n) is 4.76. The quantitative estimate of drug-likeness (QED) is 0.781. The van der Waals surface area contributed by atoms with E-state index in [9.17, 15) is 0 Å². The lowest BCUT2D eigenvalue weighted by Gasteiger charge is -2.27. The minimum absolute atomic E-state index is 0.115. The molecule has 0 atom stereocenters. The number of rotatable bonds is 5. The molecule has 0 saturated heterocycles. The van der Waals surface area contributed by atoms with Crippen molar-refractivity contribution in [2.75, 3.05) is 20.1 Å². The minimum atomic E-state index is 0.115. The van der Waals surface area contributed by atoms with Gasteiger partial charge in [-0.3, -0.25) is 4.90 Å². The highest BCUT2D eigenvalue weighted by Gasteiger charge is 2.19. The maximum atomic E-state index is 5.67. The lowest BCUT2D eigenvalue weighted by atomic mass is 9.93. The monoisotopic (exact) mass is 212 g/mol. The molecule has 1 rings (SSSR count). The molecule has 2 N–H and O–H groups in total. The molecule has 0 saturated carbocycles. The fourth-order valence-electron chi connectivity index (χ4n) is 1.48. The summed E-state index contributed by atoms with van der Waals surface area (Å²) in [5.74, 6) is 1.26. The second kappa shape index (κ2) is 4.72. The molecule has 5 heteroatoms. The van der Waals surface area contributed by atoms with Gasteiger partial charge in [-0.15, -0.1) is 10.2 Å². The summed E-state index contributed by atoms with van der Waals surface area (Å²) >= 11 is 0. The first-order valence-corrected chi connectivity index (χ1v) is 5.10. The predicted octanol–water partition coefficient (Wildman–Crippen LogP) is 0.795. The summed E-state index contributed by atoms with van der Waals surface area (Å²) in [7, 11) is 2.02. The van der Waals surface area contributed by atoms with Crippen molar-refractivity contribution in [1.29, 1.82) is 0 Å². The summed E-state index contributed by atoms with van der Waals surface area (Å²) in [6.45, 7) is 8.32. The van der Waals surface area contributed by atoms with Crippen LogP contribution in [0.5, 0.6) is 0 Å². The molecule has 1 aromatic heterocycles. The largest absolute Gasteiger partial charge is 0.424 e. The van der Waals surface area contributed by atoms with E-state index < -0.39 is 0 Å². The van der Waals surface area contributed by atoms with Gasteiger partial charge in [0.2, 0.25) is 11.8 Å². The molecular formula is C10H20N4O. The molecule has 0 aromatic carbocycles. The zero-order valence-electron chi connectivity index (χ0n) is 9.95. The molecule has 0 aliphatic rings. The SMILES string of the molecule is Cc1nnc(CN(C)CC(C)(C)CN)o1. The van der Waals surface area contributed by atoms with Crippen molar-refractivity contribution in [1.82, 2.24) is 15.1 Å². The van der Waals surface area contributed by atoms with Gasteiger partial charge in [0.15, 0.2) is 0 Å². The molecule has 86 valence electrons. The molecular weight excluding hydrogens is 192 g/mol. The highest BCUT2D eigenvalue weighted by atomic mass is 16.4. The summed E-state index contributed by atoms with van der Waals surface area (Å²) in [4.78, 5) is 2.14. The topological polar surface area (TPSA) is 68.2 Å². The molecule has 0 spiro atoms. The zero-order chi connectivity index (χ0) is 11.5. The Bertz CT molecular complexity index is 308. The first-order chi connectivity index (χ1) is 6.93. The Morgan fingerprint density at radius 3 is 2.53 bits per heavy atom. The van der Waals surface area contributed by atoms with E-state index in [2.05, 4.69) is 28.9 Å². The van der Waals surface area contributed by atoms with Crippen LogP contribution in [-0.2, 0) is 6.54 Å². The van der Waals surface area contributed by atoms with Crippen molar-refractivity contribution in [2.24, 2.45) is 11.1 Å². The minimum Gasteiger partial charge on any atom is -0.424 e. The van der Waals surface area contributed by atoms with E-state index >= 15 is 0 Å². The molecule has 0 radical (unpaired) electrons. The fourth-order valence-corrected chi connectivity index (χ4v) is 1.48. The van der Waals surface area contributed by atoms with E-state index in [0.717, 1.165) is 6.54 Å². The van der Waals surface area contributed by atoms with Crippen LogP contribution in [0.2, 0.25) is 0 Å². The van der Waals surface area contributed by atoms with Crippen LogP contribution in [0.1, 0.15) is 25.6 Å². The Hall–Kier alpha value is -0.940. The van der Waals surface area contributed by atoms with E-state index in [1.165, 1.54) is 0 Å². The lowest BCUT2D eigenvalue weighted by molar-refractivity contribution is 0.195. The standard InChI is InChI=1S/C10H20N4O/c1-8-12-13-9(15-8)5-14(4)7-10(2,3)6-11/h5-7,11H2,1-4H3. The third-order valence-electron chi connectivity index (χ3n) is 2.22. The molecule has 0 amide bonds. The summed E-state index contributed by atoms with van der Waals surface area (Å²) in [5.41, 5.74) is 5.79. The summed E-state index contributed by atoms with van der Waals surface area (Å²) in [5, 5.41) is 7.74. The smallest absolute Gasteiger partial charge is 0.230 e. The van der Waals surface area contributed by atoms with Gasteiger partial charge in [0.05, 0.1) is 6.54 Å². The van der Waals surface area contributed by atoms with Crippen LogP contribution >= 0.6 is 0 Å². The van der Waals surface area contributed by atoms with E-state index in [0.29, 0.717) is 24.9 Å². The number of nitrogens with zero attached hydrogens (tertiary/aromatic N) is 3. The number of nitrogens with two attached hydrogens (primary N) is 1. The normalized spacial score (nSPS) is 12.4. The number of aromatic nitrogens is 2. The highest BCUT2D eigenvalue weighted by Crippen LogP contribution is 2.15. The van der Waals surface area contributed by atoms with Gasteiger partial charge in [0.25, 0.3) is 0 Å². The van der Waals surface area contributed by atoms with Crippen LogP contribution < -0.4 is 5.73 Å². The first-order valence-electron chi connectivity index (χ1n) is 5.10. The van der Waals surface area contributed by atoms with Crippen LogP contribution in [0.4, 0.5) is 0 Å². The Morgan fingerprint density at radius 2 is 2.07 bits per heavy atom. The van der Waals surface area contributed by atoms with E-state index in [1.807, 2.05) is 7.05 Å². The molecule has 1 heterocycles. The predicted molar refractivity (Wildman–Crippen MR) is 58.2 cm³/mol. The number of hydrogen-bond acceptors (Lipinski definition) is 5. The van der Waals surface area contributed by atoms with Crippen LogP contribution in [0.25, 0.3) is 0 Å². The van der Waals surface area contributed by atoms with Crippen molar-refractivity contribution >= 4 is 0 Å². The number of hydrogen-bond donors (Lipinski definition) is 1. The van der Waals surface area contributed by atoms with E-state index in [1.54, 1.807) is 6.92 Å². The van der Waals surface area contributed by atoms with E-state index in [4.69, 9.17) is 10.2 Å². The molecule has 0 fully saturated rings. The Kier molecular flexibility index (Phi) is 3.82. The summed E-state index contributed by atoms with van der Waals surface area (Å²) in [6.07, 6.45) is 0. The maximum absolute atomic E-state index is 5.67. The van der Waals surface area contributed by atoms with Gasteiger partial charge in [0.1, 0.15) is 0 Å².